The lowest BCUT2D eigenvalue weighted by molar-refractivity contribution is -0.838. The molecule has 2 aliphatic rings. The zero-order chi connectivity index (χ0) is 25.5. The molecule has 2 heterocycles. The van der Waals surface area contributed by atoms with Crippen molar-refractivity contribution in [1.29, 1.82) is 0 Å². The highest BCUT2D eigenvalue weighted by Crippen LogP contribution is 2.29. The average Bonchev–Trinajstić information content (AvgIpc) is 3.40. The minimum Gasteiger partial charge on any atom is -0.354 e. The number of rotatable bonds is 6. The summed E-state index contributed by atoms with van der Waals surface area (Å²) < 4.78 is 28.5. The van der Waals surface area contributed by atoms with E-state index in [4.69, 9.17) is 11.6 Å². The average molecular weight is 522 g/mol. The minimum atomic E-state index is -3.97. The normalized spacial score (nSPS) is 25.7. The first-order chi connectivity index (χ1) is 16.5. The van der Waals surface area contributed by atoms with Gasteiger partial charge in [-0.3, -0.25) is 14.1 Å². The number of carbonyl (C=O) groups excluding carboxylic acids is 3. The van der Waals surface area contributed by atoms with Crippen LogP contribution in [-0.2, 0) is 24.4 Å². The molecule has 0 aromatic heterocycles. The summed E-state index contributed by atoms with van der Waals surface area (Å²) in [5.41, 5.74) is 0. The molecule has 4 atom stereocenters. The summed E-state index contributed by atoms with van der Waals surface area (Å²) in [5, 5.41) is 4.70. The van der Waals surface area contributed by atoms with Gasteiger partial charge in [-0.2, -0.15) is 4.72 Å². The topological polar surface area (TPSA) is 113 Å². The van der Waals surface area contributed by atoms with Gasteiger partial charge in [0.15, 0.2) is 6.04 Å². The molecule has 0 spiro atoms. The fourth-order valence-electron chi connectivity index (χ4n) is 5.25. The summed E-state index contributed by atoms with van der Waals surface area (Å²) in [5.74, 6) is -0.855. The summed E-state index contributed by atoms with van der Waals surface area (Å²) in [4.78, 5) is 40.4. The van der Waals surface area contributed by atoms with E-state index in [0.717, 1.165) is 11.8 Å². The molecule has 0 saturated carbocycles. The van der Waals surface area contributed by atoms with Crippen molar-refractivity contribution in [3.8, 4) is 0 Å². The Bertz CT molecular complexity index is 1300. The van der Waals surface area contributed by atoms with Crippen molar-refractivity contribution in [2.45, 2.75) is 49.2 Å². The molecular weight excluding hydrogens is 492 g/mol. The number of halogens is 1. The van der Waals surface area contributed by atoms with Crippen LogP contribution in [0.4, 0.5) is 0 Å². The first kappa shape index (κ1) is 25.6. The van der Waals surface area contributed by atoms with Crippen LogP contribution in [0.5, 0.6) is 0 Å². The van der Waals surface area contributed by atoms with Gasteiger partial charge in [-0.05, 0) is 48.4 Å². The fourth-order valence-corrected chi connectivity index (χ4v) is 6.69. The van der Waals surface area contributed by atoms with Gasteiger partial charge in [0.2, 0.25) is 15.9 Å². The summed E-state index contributed by atoms with van der Waals surface area (Å²) in [6.45, 7) is 2.42. The summed E-state index contributed by atoms with van der Waals surface area (Å²) >= 11 is 6.00. The van der Waals surface area contributed by atoms with Crippen LogP contribution in [0.1, 0.15) is 26.2 Å². The van der Waals surface area contributed by atoms with E-state index in [2.05, 4.69) is 10.0 Å². The van der Waals surface area contributed by atoms with Gasteiger partial charge in [0, 0.05) is 31.5 Å². The van der Waals surface area contributed by atoms with Crippen molar-refractivity contribution in [2.24, 2.45) is 0 Å². The number of sulfonamides is 1. The van der Waals surface area contributed by atoms with Crippen molar-refractivity contribution in [2.75, 3.05) is 27.2 Å². The number of fused-ring (bicyclic) bond motifs is 1. The van der Waals surface area contributed by atoms with Crippen LogP contribution in [0.15, 0.2) is 41.3 Å². The molecule has 0 bridgehead atoms. The third-order valence-electron chi connectivity index (χ3n) is 7.29. The third-order valence-corrected chi connectivity index (χ3v) is 8.99. The SMILES string of the molecule is CNC(=O)[C@@H]1CCC[N+]1(C)C(=O)[C@H](C)N1CC[C@H](NS(=O)(=O)c2ccc3cc(Cl)ccc3c2)C1=O. The molecule has 0 aliphatic carbocycles. The van der Waals surface area contributed by atoms with Gasteiger partial charge in [-0.15, -0.1) is 0 Å². The number of carbonyl (C=O) groups is 3. The minimum absolute atomic E-state index is 0.0475. The predicted molar refractivity (Wildman–Crippen MR) is 132 cm³/mol. The molecule has 188 valence electrons. The molecule has 2 saturated heterocycles. The Kier molecular flexibility index (Phi) is 6.93. The summed E-state index contributed by atoms with van der Waals surface area (Å²) in [7, 11) is -0.690. The van der Waals surface area contributed by atoms with Crippen molar-refractivity contribution < 1.29 is 27.3 Å². The molecule has 9 nitrogen and oxygen atoms in total. The van der Waals surface area contributed by atoms with Gasteiger partial charge >= 0.3 is 5.91 Å². The number of likely N-dealkylation sites (tertiary alicyclic amines) is 2. The van der Waals surface area contributed by atoms with Gasteiger partial charge < -0.3 is 10.2 Å². The van der Waals surface area contributed by atoms with E-state index in [1.807, 2.05) is 0 Å². The maximum atomic E-state index is 13.4. The van der Waals surface area contributed by atoms with Crippen molar-refractivity contribution in [3.63, 3.8) is 0 Å². The smallest absolute Gasteiger partial charge is 0.336 e. The second kappa shape index (κ2) is 9.50. The molecule has 2 aliphatic heterocycles. The Morgan fingerprint density at radius 3 is 2.54 bits per heavy atom. The number of nitrogens with one attached hydrogen (secondary N) is 2. The van der Waals surface area contributed by atoms with Gasteiger partial charge in [0.1, 0.15) is 12.1 Å². The first-order valence-electron chi connectivity index (χ1n) is 11.6. The van der Waals surface area contributed by atoms with Crippen LogP contribution >= 0.6 is 11.6 Å². The van der Waals surface area contributed by atoms with Crippen molar-refractivity contribution >= 4 is 50.1 Å². The number of amides is 3. The maximum Gasteiger partial charge on any atom is 0.336 e. The van der Waals surface area contributed by atoms with E-state index in [1.54, 1.807) is 45.3 Å². The lowest BCUT2D eigenvalue weighted by Crippen LogP contribution is -2.63. The largest absolute Gasteiger partial charge is 0.354 e. The highest BCUT2D eigenvalue weighted by molar-refractivity contribution is 7.89. The Balaban J connectivity index is 1.49. The Morgan fingerprint density at radius 1 is 1.14 bits per heavy atom. The van der Waals surface area contributed by atoms with E-state index in [-0.39, 0.29) is 34.2 Å². The number of hydrogen-bond acceptors (Lipinski definition) is 5. The molecule has 0 radical (unpaired) electrons. The number of benzene rings is 2. The Morgan fingerprint density at radius 2 is 1.83 bits per heavy atom. The number of quaternary nitrogens is 1. The zero-order valence-corrected chi connectivity index (χ0v) is 21.5. The van der Waals surface area contributed by atoms with Crippen molar-refractivity contribution in [3.05, 3.63) is 41.4 Å². The molecule has 2 N–H and O–H groups in total. The predicted octanol–water partition coefficient (Wildman–Crippen LogP) is 1.64. The number of likely N-dealkylation sites (N-methyl/N-ethyl adjacent to an activating group) is 2. The van der Waals surface area contributed by atoms with E-state index in [0.29, 0.717) is 23.4 Å². The zero-order valence-electron chi connectivity index (χ0n) is 20.0. The Hall–Kier alpha value is -2.53. The lowest BCUT2D eigenvalue weighted by atomic mass is 10.1. The number of hydrogen-bond donors (Lipinski definition) is 2. The van der Waals surface area contributed by atoms with Gasteiger partial charge in [0.05, 0.1) is 18.5 Å². The second-order valence-corrected chi connectivity index (χ2v) is 11.6. The van der Waals surface area contributed by atoms with Crippen LogP contribution in [0, 0.1) is 0 Å². The number of nitrogens with zero attached hydrogens (tertiary/aromatic N) is 2. The molecular formula is C24H30ClN4O5S+. The van der Waals surface area contributed by atoms with E-state index in [1.165, 1.54) is 17.0 Å². The molecule has 35 heavy (non-hydrogen) atoms. The van der Waals surface area contributed by atoms with Crippen LogP contribution in [0.2, 0.25) is 5.02 Å². The quantitative estimate of drug-likeness (QED) is 0.561. The van der Waals surface area contributed by atoms with E-state index in [9.17, 15) is 22.8 Å². The molecule has 2 aromatic rings. The molecule has 3 amide bonds. The van der Waals surface area contributed by atoms with Crippen molar-refractivity contribution in [1.82, 2.24) is 14.9 Å². The highest BCUT2D eigenvalue weighted by Gasteiger charge is 2.52. The summed E-state index contributed by atoms with van der Waals surface area (Å²) in [6.07, 6.45) is 1.59. The molecule has 2 fully saturated rings. The van der Waals surface area contributed by atoms with Gasteiger partial charge in [-0.1, -0.05) is 23.7 Å². The lowest BCUT2D eigenvalue weighted by Gasteiger charge is -2.36. The standard InChI is InChI=1S/C24H29ClN4O5S/c1-15(24(32)29(3)12-4-5-21(29)22(30)26-2)28-11-10-20(23(28)31)27-35(33,34)19-9-7-16-13-18(25)8-6-17(16)14-19/h6-9,13-15,20-21,27H,4-5,10-12H2,1-3H3/p+1/t15-,20-,21-,29?/m0/s1. The first-order valence-corrected chi connectivity index (χ1v) is 13.5. The maximum absolute atomic E-state index is 13.4. The molecule has 1 unspecified atom stereocenters. The monoisotopic (exact) mass is 521 g/mol. The Labute approximate surface area is 210 Å². The van der Waals surface area contributed by atoms with Crippen LogP contribution in [-0.4, -0.2) is 80.8 Å². The third kappa shape index (κ3) is 4.67. The highest BCUT2D eigenvalue weighted by atomic mass is 35.5. The van der Waals surface area contributed by atoms with E-state index >= 15 is 0 Å². The molecule has 4 rings (SSSR count). The van der Waals surface area contributed by atoms with Gasteiger partial charge in [-0.25, -0.2) is 13.2 Å². The van der Waals surface area contributed by atoms with Crippen LogP contribution in [0.25, 0.3) is 10.8 Å². The van der Waals surface area contributed by atoms with E-state index < -0.39 is 34.1 Å². The van der Waals surface area contributed by atoms with Crippen LogP contribution < -0.4 is 10.0 Å². The fraction of sp³-hybridized carbons (Fsp3) is 0.458. The van der Waals surface area contributed by atoms with Gasteiger partial charge in [0.25, 0.3) is 5.91 Å². The second-order valence-electron chi connectivity index (χ2n) is 9.43. The molecule has 2 aromatic carbocycles. The molecule has 11 heteroatoms. The summed E-state index contributed by atoms with van der Waals surface area (Å²) in [6, 6.07) is 7.61. The van der Waals surface area contributed by atoms with Crippen LogP contribution in [0.3, 0.4) is 0 Å².